The predicted molar refractivity (Wildman–Crippen MR) is 164 cm³/mol. The third kappa shape index (κ3) is 6.22. The Hall–Kier alpha value is -4.75. The highest BCUT2D eigenvalue weighted by Crippen LogP contribution is 2.34. The van der Waals surface area contributed by atoms with Crippen LogP contribution in [-0.4, -0.2) is 48.0 Å². The van der Waals surface area contributed by atoms with E-state index in [0.29, 0.717) is 47.1 Å². The highest BCUT2D eigenvalue weighted by molar-refractivity contribution is 7.91. The summed E-state index contributed by atoms with van der Waals surface area (Å²) in [5.41, 5.74) is 1.76. The summed E-state index contributed by atoms with van der Waals surface area (Å²) in [7, 11) is -1.21. The van der Waals surface area contributed by atoms with E-state index in [0.717, 1.165) is 6.42 Å². The Balaban J connectivity index is 1.86. The topological polar surface area (TPSA) is 133 Å². The molecule has 1 atom stereocenters. The van der Waals surface area contributed by atoms with E-state index in [-0.39, 0.29) is 16.6 Å². The lowest BCUT2D eigenvalue weighted by Crippen LogP contribution is -2.27. The van der Waals surface area contributed by atoms with Crippen LogP contribution in [0.3, 0.4) is 0 Å². The maximum absolute atomic E-state index is 13.9. The normalized spacial score (nSPS) is 12.0. The minimum atomic E-state index is -4.51. The molecule has 0 aliphatic heterocycles. The van der Waals surface area contributed by atoms with E-state index in [1.165, 1.54) is 21.6 Å². The van der Waals surface area contributed by atoms with Crippen LogP contribution in [0.25, 0.3) is 11.1 Å². The van der Waals surface area contributed by atoms with Gasteiger partial charge in [0.05, 0.1) is 22.6 Å². The van der Waals surface area contributed by atoms with Crippen molar-refractivity contribution in [2.75, 3.05) is 14.1 Å². The Labute approximate surface area is 251 Å². The average molecular weight is 599 g/mol. The largest absolute Gasteiger partial charge is 0.493 e. The lowest BCUT2D eigenvalue weighted by atomic mass is 9.99. The number of aromatic nitrogens is 2. The number of amides is 1. The van der Waals surface area contributed by atoms with Crippen LogP contribution in [0, 0.1) is 11.3 Å². The molecule has 43 heavy (non-hydrogen) atoms. The molecule has 9 nitrogen and oxygen atoms in total. The molecule has 0 spiro atoms. The Morgan fingerprint density at radius 2 is 1.74 bits per heavy atom. The SMILES string of the molecule is CCCCc1nc(=O)c(S(=O)(=O)c2ccc(-c3ccccc3C(=O)N(C)C)cc2)c(O)n1C(CC)c1cccc(C#N)c1. The first kappa shape index (κ1) is 31.2. The van der Waals surface area contributed by atoms with Gasteiger partial charge in [-0.25, -0.2) is 8.42 Å². The molecule has 0 saturated heterocycles. The van der Waals surface area contributed by atoms with Crippen LogP contribution in [0.1, 0.15) is 66.5 Å². The molecule has 3 aromatic carbocycles. The molecule has 222 valence electrons. The summed E-state index contributed by atoms with van der Waals surface area (Å²) in [4.78, 5) is 30.6. The summed E-state index contributed by atoms with van der Waals surface area (Å²) in [5, 5.41) is 21.0. The number of nitriles is 1. The van der Waals surface area contributed by atoms with Crippen molar-refractivity contribution in [2.24, 2.45) is 0 Å². The highest BCUT2D eigenvalue weighted by Gasteiger charge is 2.32. The lowest BCUT2D eigenvalue weighted by molar-refractivity contribution is 0.0828. The van der Waals surface area contributed by atoms with Crippen LogP contribution in [0.2, 0.25) is 0 Å². The first-order valence-corrected chi connectivity index (χ1v) is 15.5. The summed E-state index contributed by atoms with van der Waals surface area (Å²) in [5.74, 6) is -0.612. The van der Waals surface area contributed by atoms with Crippen LogP contribution < -0.4 is 5.56 Å². The number of sulfone groups is 1. The van der Waals surface area contributed by atoms with Gasteiger partial charge in [-0.15, -0.1) is 0 Å². The van der Waals surface area contributed by atoms with Gasteiger partial charge in [0.2, 0.25) is 15.7 Å². The number of aryl methyl sites for hydroxylation is 1. The molecule has 1 aromatic heterocycles. The fourth-order valence-electron chi connectivity index (χ4n) is 5.10. The third-order valence-electron chi connectivity index (χ3n) is 7.30. The molecule has 0 radical (unpaired) electrons. The summed E-state index contributed by atoms with van der Waals surface area (Å²) in [6.07, 6.45) is 2.26. The van der Waals surface area contributed by atoms with Crippen LogP contribution in [0.4, 0.5) is 0 Å². The summed E-state index contributed by atoms with van der Waals surface area (Å²) >= 11 is 0. The summed E-state index contributed by atoms with van der Waals surface area (Å²) in [6, 6.07) is 21.2. The van der Waals surface area contributed by atoms with Crippen LogP contribution in [0.5, 0.6) is 5.88 Å². The smallest absolute Gasteiger partial charge is 0.296 e. The van der Waals surface area contributed by atoms with Gasteiger partial charge in [-0.05, 0) is 59.9 Å². The maximum Gasteiger partial charge on any atom is 0.296 e. The first-order chi connectivity index (χ1) is 20.5. The minimum absolute atomic E-state index is 0.196. The number of carbonyl (C=O) groups is 1. The molecular formula is C33H34N4O5S. The second-order valence-corrected chi connectivity index (χ2v) is 12.3. The van der Waals surface area contributed by atoms with E-state index in [1.54, 1.807) is 74.8 Å². The molecular weight excluding hydrogens is 564 g/mol. The first-order valence-electron chi connectivity index (χ1n) is 14.1. The van der Waals surface area contributed by atoms with Crippen molar-refractivity contribution < 1.29 is 18.3 Å². The third-order valence-corrected chi connectivity index (χ3v) is 9.08. The van der Waals surface area contributed by atoms with Gasteiger partial charge in [0, 0.05) is 26.1 Å². The van der Waals surface area contributed by atoms with E-state index in [1.807, 2.05) is 13.8 Å². The van der Waals surface area contributed by atoms with Crippen molar-refractivity contribution in [3.8, 4) is 23.1 Å². The van der Waals surface area contributed by atoms with E-state index < -0.39 is 32.2 Å². The highest BCUT2D eigenvalue weighted by atomic mass is 32.2. The molecule has 0 aliphatic carbocycles. The van der Waals surface area contributed by atoms with Crippen LogP contribution in [0.15, 0.2) is 87.4 Å². The molecule has 1 heterocycles. The van der Waals surface area contributed by atoms with E-state index in [9.17, 15) is 28.4 Å². The molecule has 4 rings (SSSR count). The number of aromatic hydroxyl groups is 1. The standard InChI is InChI=1S/C33H34N4O5S/c1-5-7-15-29-35-31(38)30(33(40)37(29)28(6-2)24-12-10-11-22(20-24)21-34)43(41,42)25-18-16-23(17-19-25)26-13-8-9-14-27(26)32(39)36(3)4/h8-14,16-20,28,40H,5-7,15H2,1-4H3. The molecule has 0 bridgehead atoms. The van der Waals surface area contributed by atoms with Gasteiger partial charge in [0.1, 0.15) is 5.82 Å². The van der Waals surface area contributed by atoms with Gasteiger partial charge in [-0.3, -0.25) is 14.2 Å². The van der Waals surface area contributed by atoms with E-state index >= 15 is 0 Å². The molecule has 0 saturated carbocycles. The quantitative estimate of drug-likeness (QED) is 0.260. The second-order valence-electron chi connectivity index (χ2n) is 10.4. The van der Waals surface area contributed by atoms with Crippen molar-refractivity contribution in [1.29, 1.82) is 5.26 Å². The number of unbranched alkanes of at least 4 members (excludes halogenated alkanes) is 1. The maximum atomic E-state index is 13.9. The molecule has 4 aromatic rings. The van der Waals surface area contributed by atoms with Crippen molar-refractivity contribution in [2.45, 2.75) is 55.4 Å². The molecule has 0 aliphatic rings. The van der Waals surface area contributed by atoms with Crippen LogP contribution in [-0.2, 0) is 16.3 Å². The number of rotatable bonds is 10. The minimum Gasteiger partial charge on any atom is -0.493 e. The fraction of sp³-hybridized carbons (Fsp3) is 0.273. The number of hydrogen-bond acceptors (Lipinski definition) is 7. The Morgan fingerprint density at radius 3 is 2.37 bits per heavy atom. The summed E-state index contributed by atoms with van der Waals surface area (Å²) < 4.78 is 29.2. The molecule has 0 fully saturated rings. The number of nitrogens with zero attached hydrogens (tertiary/aromatic N) is 4. The number of benzene rings is 3. The van der Waals surface area contributed by atoms with Crippen molar-refractivity contribution in [3.63, 3.8) is 0 Å². The zero-order valence-corrected chi connectivity index (χ0v) is 25.4. The summed E-state index contributed by atoms with van der Waals surface area (Å²) in [6.45, 7) is 3.85. The van der Waals surface area contributed by atoms with E-state index in [4.69, 9.17) is 0 Å². The Kier molecular flexibility index (Phi) is 9.46. The van der Waals surface area contributed by atoms with Crippen LogP contribution >= 0.6 is 0 Å². The second kappa shape index (κ2) is 13.0. The van der Waals surface area contributed by atoms with Gasteiger partial charge < -0.3 is 10.0 Å². The number of carbonyl (C=O) groups excluding carboxylic acids is 1. The molecule has 1 amide bonds. The van der Waals surface area contributed by atoms with Crippen molar-refractivity contribution in [1.82, 2.24) is 14.5 Å². The average Bonchev–Trinajstić information content (AvgIpc) is 3.01. The molecule has 1 unspecified atom stereocenters. The molecule has 10 heteroatoms. The van der Waals surface area contributed by atoms with Gasteiger partial charge >= 0.3 is 0 Å². The monoisotopic (exact) mass is 598 g/mol. The lowest BCUT2D eigenvalue weighted by Gasteiger charge is -2.25. The zero-order chi connectivity index (χ0) is 31.3. The van der Waals surface area contributed by atoms with Gasteiger partial charge in [-0.2, -0.15) is 10.2 Å². The van der Waals surface area contributed by atoms with Crippen molar-refractivity contribution in [3.05, 3.63) is 106 Å². The van der Waals surface area contributed by atoms with E-state index in [2.05, 4.69) is 11.1 Å². The fourth-order valence-corrected chi connectivity index (χ4v) is 6.44. The Bertz CT molecular complexity index is 1860. The van der Waals surface area contributed by atoms with Crippen molar-refractivity contribution >= 4 is 15.7 Å². The zero-order valence-electron chi connectivity index (χ0n) is 24.6. The molecule has 1 N–H and O–H groups in total. The Morgan fingerprint density at radius 1 is 1.05 bits per heavy atom. The van der Waals surface area contributed by atoms with Gasteiger partial charge in [0.15, 0.2) is 4.90 Å². The van der Waals surface area contributed by atoms with Gasteiger partial charge in [0.25, 0.3) is 11.5 Å². The predicted octanol–water partition coefficient (Wildman–Crippen LogP) is 5.36. The van der Waals surface area contributed by atoms with Gasteiger partial charge in [-0.1, -0.05) is 62.7 Å². The number of hydrogen-bond donors (Lipinski definition) is 1.